The number of hydrogen-bond acceptors (Lipinski definition) is 4. The molecule has 1 aromatic heterocycles. The molecule has 0 bridgehead atoms. The van der Waals surface area contributed by atoms with Gasteiger partial charge in [0, 0.05) is 40.5 Å². The van der Waals surface area contributed by atoms with Crippen LogP contribution in [0.4, 0.5) is 4.39 Å². The Morgan fingerprint density at radius 3 is 2.62 bits per heavy atom. The van der Waals surface area contributed by atoms with Crippen LogP contribution in [0.2, 0.25) is 5.02 Å². The van der Waals surface area contributed by atoms with Gasteiger partial charge in [0.2, 0.25) is 0 Å². The Labute approximate surface area is 172 Å². The van der Waals surface area contributed by atoms with Crippen LogP contribution in [0.1, 0.15) is 40.4 Å². The lowest BCUT2D eigenvalue weighted by molar-refractivity contribution is -0.137. The Kier molecular flexibility index (Phi) is 5.02. The number of halogens is 2. The number of nitrogens with zero attached hydrogens (tertiary/aromatic N) is 1. The van der Waals surface area contributed by atoms with E-state index in [-0.39, 0.29) is 46.5 Å². The number of rotatable bonds is 5. The molecule has 1 aliphatic carbocycles. The van der Waals surface area contributed by atoms with Gasteiger partial charge in [-0.1, -0.05) is 23.7 Å². The fourth-order valence-corrected chi connectivity index (χ4v) is 4.73. The molecule has 2 aromatic carbocycles. The van der Waals surface area contributed by atoms with Crippen molar-refractivity contribution in [2.45, 2.75) is 30.2 Å². The highest BCUT2D eigenvalue weighted by Crippen LogP contribution is 2.43. The van der Waals surface area contributed by atoms with Crippen LogP contribution in [0.5, 0.6) is 0 Å². The molecule has 29 heavy (non-hydrogen) atoms. The number of fused-ring (bicyclic) bond motifs is 3. The van der Waals surface area contributed by atoms with Crippen LogP contribution in [-0.2, 0) is 22.4 Å². The second kappa shape index (κ2) is 7.37. The summed E-state index contributed by atoms with van der Waals surface area (Å²) in [5.41, 5.74) is 1.60. The lowest BCUT2D eigenvalue weighted by Crippen LogP contribution is -2.11. The van der Waals surface area contributed by atoms with E-state index in [0.717, 1.165) is 17.7 Å². The Morgan fingerprint density at radius 2 is 2.00 bits per heavy atom. The highest BCUT2D eigenvalue weighted by Gasteiger charge is 2.37. The maximum Gasteiger partial charge on any atom is 0.304 e. The van der Waals surface area contributed by atoms with Gasteiger partial charge in [-0.25, -0.2) is 4.39 Å². The molecule has 0 saturated carbocycles. The maximum absolute atomic E-state index is 14.1. The number of carboxylic acid groups (broad SMARTS) is 1. The average molecular weight is 435 g/mol. The highest BCUT2D eigenvalue weighted by molar-refractivity contribution is 7.79. The number of Topliss-reactive ketones (excluding diaryl/α,β-unsaturated/α-hetero) is 1. The van der Waals surface area contributed by atoms with Crippen LogP contribution >= 0.6 is 11.6 Å². The van der Waals surface area contributed by atoms with Crippen molar-refractivity contribution >= 4 is 45.3 Å². The maximum atomic E-state index is 14.1. The Morgan fingerprint density at radius 1 is 1.31 bits per heavy atom. The van der Waals surface area contributed by atoms with Crippen molar-refractivity contribution in [3.8, 4) is 0 Å². The van der Waals surface area contributed by atoms with Crippen molar-refractivity contribution in [1.29, 1.82) is 0 Å². The molecule has 1 heterocycles. The van der Waals surface area contributed by atoms with Gasteiger partial charge in [-0.3, -0.25) is 13.8 Å². The van der Waals surface area contributed by atoms with E-state index in [9.17, 15) is 27.8 Å². The minimum Gasteiger partial charge on any atom is -0.768 e. The predicted molar refractivity (Wildman–Crippen MR) is 104 cm³/mol. The van der Waals surface area contributed by atoms with Gasteiger partial charge in [-0.05, 0) is 40.9 Å². The quantitative estimate of drug-likeness (QED) is 0.614. The fraction of sp³-hybridized carbons (Fsp3) is 0.200. The van der Waals surface area contributed by atoms with Crippen LogP contribution in [0.15, 0.2) is 41.3 Å². The Hall–Kier alpha value is -2.55. The molecule has 0 radical (unpaired) electrons. The lowest BCUT2D eigenvalue weighted by Gasteiger charge is -2.17. The van der Waals surface area contributed by atoms with E-state index < -0.39 is 28.8 Å². The van der Waals surface area contributed by atoms with Crippen LogP contribution in [0, 0.1) is 5.82 Å². The summed E-state index contributed by atoms with van der Waals surface area (Å²) in [6.07, 6.45) is -0.298. The molecule has 1 aliphatic rings. The van der Waals surface area contributed by atoms with Crippen LogP contribution in [0.25, 0.3) is 10.9 Å². The topological polar surface area (TPSA) is 99.4 Å². The van der Waals surface area contributed by atoms with E-state index in [1.54, 1.807) is 28.8 Å². The second-order valence-corrected chi connectivity index (χ2v) is 8.28. The van der Waals surface area contributed by atoms with E-state index >= 15 is 0 Å². The lowest BCUT2D eigenvalue weighted by atomic mass is 10.0. The summed E-state index contributed by atoms with van der Waals surface area (Å²) in [4.78, 5) is 23.7. The van der Waals surface area contributed by atoms with Gasteiger partial charge in [-0.15, -0.1) is 0 Å². The number of aliphatic carboxylic acids is 1. The van der Waals surface area contributed by atoms with Crippen LogP contribution in [0.3, 0.4) is 0 Å². The van der Waals surface area contributed by atoms with Gasteiger partial charge in [-0.2, -0.15) is 0 Å². The molecule has 4 rings (SSSR count). The average Bonchev–Trinajstić information content (AvgIpc) is 3.12. The minimum absolute atomic E-state index is 0.0141. The molecular formula is C20H14ClFNO5S-. The molecule has 0 aliphatic heterocycles. The molecule has 6 nitrogen and oxygen atoms in total. The van der Waals surface area contributed by atoms with E-state index in [0.29, 0.717) is 10.7 Å². The number of carbonyl (C=O) groups excluding carboxylic acids is 1. The molecule has 1 N–H and O–H groups in total. The van der Waals surface area contributed by atoms with E-state index in [1.807, 2.05) is 0 Å². The number of ketones is 1. The minimum atomic E-state index is -2.75. The zero-order chi connectivity index (χ0) is 20.9. The van der Waals surface area contributed by atoms with E-state index in [2.05, 4.69) is 0 Å². The summed E-state index contributed by atoms with van der Waals surface area (Å²) in [6.45, 7) is 0.183. The zero-order valence-electron chi connectivity index (χ0n) is 14.9. The van der Waals surface area contributed by atoms with E-state index in [1.165, 1.54) is 0 Å². The van der Waals surface area contributed by atoms with Gasteiger partial charge >= 0.3 is 5.97 Å². The summed E-state index contributed by atoms with van der Waals surface area (Å²) < 4.78 is 39.4. The van der Waals surface area contributed by atoms with Gasteiger partial charge in [0.15, 0.2) is 5.78 Å². The number of benzene rings is 2. The van der Waals surface area contributed by atoms with Gasteiger partial charge in [0.05, 0.1) is 16.8 Å². The molecular weight excluding hydrogens is 421 g/mol. The summed E-state index contributed by atoms with van der Waals surface area (Å²) in [6, 6.07) is 8.88. The number of hydrogen-bond donors (Lipinski definition) is 1. The van der Waals surface area contributed by atoms with Crippen molar-refractivity contribution in [1.82, 2.24) is 4.57 Å². The predicted octanol–water partition coefficient (Wildman–Crippen LogP) is 3.86. The molecule has 9 heteroatoms. The molecule has 0 spiro atoms. The van der Waals surface area contributed by atoms with Crippen molar-refractivity contribution in [3.63, 3.8) is 0 Å². The monoisotopic (exact) mass is 434 g/mol. The Bertz CT molecular complexity index is 1190. The van der Waals surface area contributed by atoms with Crippen LogP contribution in [-0.4, -0.2) is 30.2 Å². The summed E-state index contributed by atoms with van der Waals surface area (Å²) in [7, 11) is 0. The summed E-state index contributed by atoms with van der Waals surface area (Å²) >= 11 is 3.17. The first-order valence-corrected chi connectivity index (χ1v) is 10.2. The van der Waals surface area contributed by atoms with Gasteiger partial charge in [0.1, 0.15) is 5.82 Å². The third-order valence-corrected chi connectivity index (χ3v) is 6.00. The Balaban J connectivity index is 2.03. The normalized spacial score (nSPS) is 16.9. The van der Waals surface area contributed by atoms with Crippen molar-refractivity contribution in [2.24, 2.45) is 0 Å². The van der Waals surface area contributed by atoms with Crippen LogP contribution < -0.4 is 0 Å². The number of carboxylic acids is 1. The third kappa shape index (κ3) is 3.48. The van der Waals surface area contributed by atoms with Crippen molar-refractivity contribution < 1.29 is 27.8 Å². The standard InChI is InChI=1S/C20H15ClFNO5S/c21-12-3-1-10(2-4-12)9-23-19-11(6-17(25)26)5-15(24)18(19)14-7-13(22)8-16(20(14)23)29(27)28/h1-4,7-8,11H,5-6,9H2,(H,25,26)(H,27,28)/p-1/t11-/m1/s1. The number of carbonyl (C=O) groups is 2. The first kappa shape index (κ1) is 19.8. The molecule has 0 fully saturated rings. The fourth-order valence-electron chi connectivity index (χ4n) is 4.02. The van der Waals surface area contributed by atoms with Crippen molar-refractivity contribution in [3.05, 3.63) is 64.1 Å². The van der Waals surface area contributed by atoms with Crippen molar-refractivity contribution in [2.75, 3.05) is 0 Å². The molecule has 0 saturated heterocycles. The summed E-state index contributed by atoms with van der Waals surface area (Å²) in [5, 5.41) is 9.98. The van der Waals surface area contributed by atoms with Gasteiger partial charge < -0.3 is 14.2 Å². The zero-order valence-corrected chi connectivity index (χ0v) is 16.4. The number of aromatic nitrogens is 1. The SMILES string of the molecule is O=C(O)C[C@H]1CC(=O)c2c1n(Cc1ccc(Cl)cc1)c1c(S(=O)[O-])cc(F)cc21. The molecule has 3 aromatic rings. The first-order valence-electron chi connectivity index (χ1n) is 8.70. The third-order valence-electron chi connectivity index (χ3n) is 5.08. The molecule has 2 atom stereocenters. The smallest absolute Gasteiger partial charge is 0.304 e. The molecule has 0 amide bonds. The molecule has 150 valence electrons. The first-order chi connectivity index (χ1) is 13.8. The highest BCUT2D eigenvalue weighted by atomic mass is 35.5. The van der Waals surface area contributed by atoms with E-state index in [4.69, 9.17) is 11.6 Å². The summed E-state index contributed by atoms with van der Waals surface area (Å²) in [5.74, 6) is -2.79. The molecule has 1 unspecified atom stereocenters. The second-order valence-electron chi connectivity index (χ2n) is 6.93. The van der Waals surface area contributed by atoms with Gasteiger partial charge in [0.25, 0.3) is 0 Å². The largest absolute Gasteiger partial charge is 0.768 e.